The fourth-order valence-electron chi connectivity index (χ4n) is 1.81. The van der Waals surface area contributed by atoms with Crippen LogP contribution in [0, 0.1) is 0 Å². The predicted molar refractivity (Wildman–Crippen MR) is 66.1 cm³/mol. The van der Waals surface area contributed by atoms with Crippen LogP contribution in [0.25, 0.3) is 0 Å². The van der Waals surface area contributed by atoms with Crippen LogP contribution in [-0.4, -0.2) is 30.6 Å². The zero-order valence-corrected chi connectivity index (χ0v) is 10.2. The van der Waals surface area contributed by atoms with E-state index in [1.165, 1.54) is 10.6 Å². The molecule has 1 N–H and O–H groups in total. The molecule has 0 saturated heterocycles. The summed E-state index contributed by atoms with van der Waals surface area (Å²) < 4.78 is 0. The number of halogens is 1. The largest absolute Gasteiger partial charge is 0.396 e. The predicted octanol–water partition coefficient (Wildman–Crippen LogP) is 2.63. The maximum atomic E-state index is 8.98. The highest BCUT2D eigenvalue weighted by atomic mass is 35.5. The summed E-state index contributed by atoms with van der Waals surface area (Å²) in [5.74, 6) is 1.03. The second kappa shape index (κ2) is 4.64. The van der Waals surface area contributed by atoms with Crippen LogP contribution in [0.3, 0.4) is 0 Å². The van der Waals surface area contributed by atoms with Gasteiger partial charge in [0.15, 0.2) is 0 Å². The zero-order chi connectivity index (χ0) is 10.8. The Morgan fingerprint density at radius 1 is 1.60 bits per heavy atom. The third-order valence-corrected chi connectivity index (χ3v) is 4.19. The molecule has 1 atom stereocenters. The van der Waals surface area contributed by atoms with Crippen molar-refractivity contribution in [1.29, 1.82) is 0 Å². The molecule has 82 valence electrons. The molecule has 0 radical (unpaired) electrons. The molecule has 2 rings (SSSR count). The standard InChI is InChI=1S/C11H14ClNOS/c1-13-9(4-5-14)7-15-11-3-2-8(12)6-10(11)13/h2-3,6,9,14H,4-5,7H2,1H3. The Bertz CT molecular complexity index is 358. The Hall–Kier alpha value is -0.380. The van der Waals surface area contributed by atoms with Gasteiger partial charge in [0.05, 0.1) is 5.69 Å². The number of benzene rings is 1. The molecule has 1 heterocycles. The molecule has 0 saturated carbocycles. The van der Waals surface area contributed by atoms with Gasteiger partial charge in [0.1, 0.15) is 0 Å². The van der Waals surface area contributed by atoms with Crippen molar-refractivity contribution in [3.63, 3.8) is 0 Å². The van der Waals surface area contributed by atoms with Gasteiger partial charge in [0.25, 0.3) is 0 Å². The fourth-order valence-corrected chi connectivity index (χ4v) is 3.25. The van der Waals surface area contributed by atoms with Crippen molar-refractivity contribution >= 4 is 29.1 Å². The molecular formula is C11H14ClNOS. The lowest BCUT2D eigenvalue weighted by molar-refractivity contribution is 0.278. The number of hydrogen-bond donors (Lipinski definition) is 1. The first kappa shape index (κ1) is 11.1. The van der Waals surface area contributed by atoms with E-state index in [0.717, 1.165) is 17.2 Å². The monoisotopic (exact) mass is 243 g/mol. The van der Waals surface area contributed by atoms with Crippen molar-refractivity contribution in [1.82, 2.24) is 0 Å². The van der Waals surface area contributed by atoms with E-state index in [4.69, 9.17) is 16.7 Å². The van der Waals surface area contributed by atoms with Crippen LogP contribution in [0.1, 0.15) is 6.42 Å². The normalized spacial score (nSPS) is 20.2. The van der Waals surface area contributed by atoms with Crippen LogP contribution in [0.4, 0.5) is 5.69 Å². The molecule has 1 aliphatic rings. The number of rotatable bonds is 2. The summed E-state index contributed by atoms with van der Waals surface area (Å²) in [6.45, 7) is 0.242. The SMILES string of the molecule is CN1c2cc(Cl)ccc2SCC1CCO. The molecule has 1 aromatic rings. The molecule has 0 aromatic heterocycles. The molecule has 4 heteroatoms. The summed E-state index contributed by atoms with van der Waals surface area (Å²) >= 11 is 7.82. The van der Waals surface area contributed by atoms with Gasteiger partial charge in [-0.1, -0.05) is 11.6 Å². The van der Waals surface area contributed by atoms with E-state index in [1.807, 2.05) is 23.9 Å². The van der Waals surface area contributed by atoms with Gasteiger partial charge < -0.3 is 10.0 Å². The van der Waals surface area contributed by atoms with Crippen LogP contribution in [0.2, 0.25) is 5.02 Å². The number of nitrogens with zero attached hydrogens (tertiary/aromatic N) is 1. The van der Waals surface area contributed by atoms with E-state index in [1.54, 1.807) is 0 Å². The smallest absolute Gasteiger partial charge is 0.0519 e. The van der Waals surface area contributed by atoms with Gasteiger partial charge in [-0.2, -0.15) is 0 Å². The van der Waals surface area contributed by atoms with Crippen LogP contribution >= 0.6 is 23.4 Å². The van der Waals surface area contributed by atoms with Crippen molar-refractivity contribution in [3.8, 4) is 0 Å². The van der Waals surface area contributed by atoms with Gasteiger partial charge in [0, 0.05) is 35.4 Å². The minimum absolute atomic E-state index is 0.242. The first-order chi connectivity index (χ1) is 7.22. The maximum absolute atomic E-state index is 8.98. The second-order valence-electron chi connectivity index (χ2n) is 3.70. The summed E-state index contributed by atoms with van der Waals surface area (Å²) in [4.78, 5) is 3.49. The van der Waals surface area contributed by atoms with E-state index in [2.05, 4.69) is 18.0 Å². The summed E-state index contributed by atoms with van der Waals surface area (Å²) in [7, 11) is 2.06. The zero-order valence-electron chi connectivity index (χ0n) is 8.61. The first-order valence-corrected chi connectivity index (χ1v) is 6.35. The van der Waals surface area contributed by atoms with Gasteiger partial charge in [-0.05, 0) is 24.6 Å². The topological polar surface area (TPSA) is 23.5 Å². The van der Waals surface area contributed by atoms with Gasteiger partial charge in [0.2, 0.25) is 0 Å². The first-order valence-electron chi connectivity index (χ1n) is 4.98. The van der Waals surface area contributed by atoms with E-state index in [0.29, 0.717) is 6.04 Å². The van der Waals surface area contributed by atoms with Gasteiger partial charge in [-0.15, -0.1) is 11.8 Å². The number of hydrogen-bond acceptors (Lipinski definition) is 3. The van der Waals surface area contributed by atoms with Crippen molar-refractivity contribution in [2.24, 2.45) is 0 Å². The molecule has 1 aliphatic heterocycles. The van der Waals surface area contributed by atoms with E-state index in [-0.39, 0.29) is 6.61 Å². The van der Waals surface area contributed by atoms with Crippen LogP contribution in [0.15, 0.2) is 23.1 Å². The van der Waals surface area contributed by atoms with Gasteiger partial charge in [-0.25, -0.2) is 0 Å². The molecule has 2 nitrogen and oxygen atoms in total. The van der Waals surface area contributed by atoms with Crippen molar-refractivity contribution < 1.29 is 5.11 Å². The molecule has 1 aromatic carbocycles. The molecule has 0 amide bonds. The number of thioether (sulfide) groups is 1. The molecule has 0 fully saturated rings. The number of aliphatic hydroxyl groups is 1. The summed E-state index contributed by atoms with van der Waals surface area (Å²) in [5, 5.41) is 9.75. The second-order valence-corrected chi connectivity index (χ2v) is 5.20. The Labute approximate surface area is 99.2 Å². The number of aliphatic hydroxyl groups excluding tert-OH is 1. The maximum Gasteiger partial charge on any atom is 0.0519 e. The molecule has 0 spiro atoms. The van der Waals surface area contributed by atoms with Crippen molar-refractivity contribution in [3.05, 3.63) is 23.2 Å². The highest BCUT2D eigenvalue weighted by Gasteiger charge is 2.23. The number of fused-ring (bicyclic) bond motifs is 1. The van der Waals surface area contributed by atoms with Crippen LogP contribution in [-0.2, 0) is 0 Å². The van der Waals surface area contributed by atoms with Crippen LogP contribution < -0.4 is 4.90 Å². The molecular weight excluding hydrogens is 230 g/mol. The summed E-state index contributed by atoms with van der Waals surface area (Å²) in [5.41, 5.74) is 1.18. The van der Waals surface area contributed by atoms with Crippen molar-refractivity contribution in [2.45, 2.75) is 17.4 Å². The summed E-state index contributed by atoms with van der Waals surface area (Å²) in [6, 6.07) is 6.39. The van der Waals surface area contributed by atoms with Gasteiger partial charge >= 0.3 is 0 Å². The van der Waals surface area contributed by atoms with Crippen molar-refractivity contribution in [2.75, 3.05) is 24.3 Å². The Morgan fingerprint density at radius 2 is 2.40 bits per heavy atom. The van der Waals surface area contributed by atoms with Crippen LogP contribution in [0.5, 0.6) is 0 Å². The average Bonchev–Trinajstić information content (AvgIpc) is 2.23. The Balaban J connectivity index is 2.28. The lowest BCUT2D eigenvalue weighted by Crippen LogP contribution is -2.37. The van der Waals surface area contributed by atoms with E-state index < -0.39 is 0 Å². The minimum atomic E-state index is 0.242. The van der Waals surface area contributed by atoms with E-state index >= 15 is 0 Å². The highest BCUT2D eigenvalue weighted by molar-refractivity contribution is 7.99. The quantitative estimate of drug-likeness (QED) is 0.864. The lowest BCUT2D eigenvalue weighted by atomic mass is 10.2. The molecule has 0 bridgehead atoms. The molecule has 0 aliphatic carbocycles. The van der Waals surface area contributed by atoms with E-state index in [9.17, 15) is 0 Å². The van der Waals surface area contributed by atoms with Gasteiger partial charge in [-0.3, -0.25) is 0 Å². The highest BCUT2D eigenvalue weighted by Crippen LogP contribution is 2.38. The average molecular weight is 244 g/mol. The third kappa shape index (κ3) is 2.25. The third-order valence-electron chi connectivity index (χ3n) is 2.74. The lowest BCUT2D eigenvalue weighted by Gasteiger charge is -2.35. The minimum Gasteiger partial charge on any atom is -0.396 e. The summed E-state index contributed by atoms with van der Waals surface area (Å²) in [6.07, 6.45) is 0.815. The fraction of sp³-hybridized carbons (Fsp3) is 0.455. The molecule has 1 unspecified atom stereocenters. The molecule has 15 heavy (non-hydrogen) atoms. The Kier molecular flexibility index (Phi) is 3.44. The number of anilines is 1. The Morgan fingerprint density at radius 3 is 3.13 bits per heavy atom.